The third-order valence-electron chi connectivity index (χ3n) is 1.96. The quantitative estimate of drug-likeness (QED) is 0.911. The van der Waals surface area contributed by atoms with E-state index in [9.17, 15) is 13.2 Å². The van der Waals surface area contributed by atoms with E-state index in [4.69, 9.17) is 22.1 Å². The number of hydrogen-bond donors (Lipinski definition) is 1. The van der Waals surface area contributed by atoms with E-state index in [1.54, 1.807) is 0 Å². The van der Waals surface area contributed by atoms with E-state index in [1.807, 2.05) is 0 Å². The molecule has 0 heterocycles. The van der Waals surface area contributed by atoms with Crippen molar-refractivity contribution in [1.29, 1.82) is 0 Å². The van der Waals surface area contributed by atoms with Crippen molar-refractivity contribution in [2.75, 3.05) is 6.54 Å². The first-order chi connectivity index (χ1) is 7.84. The molecule has 0 spiro atoms. The van der Waals surface area contributed by atoms with Crippen LogP contribution >= 0.6 is 27.5 Å². The van der Waals surface area contributed by atoms with E-state index in [0.29, 0.717) is 9.50 Å². The van der Waals surface area contributed by atoms with E-state index in [2.05, 4.69) is 15.9 Å². The summed E-state index contributed by atoms with van der Waals surface area (Å²) >= 11 is 8.76. The van der Waals surface area contributed by atoms with Crippen LogP contribution in [0.25, 0.3) is 0 Å². The van der Waals surface area contributed by atoms with Crippen LogP contribution in [0.5, 0.6) is 5.75 Å². The topological polar surface area (TPSA) is 35.2 Å². The summed E-state index contributed by atoms with van der Waals surface area (Å²) in [5, 5.41) is 0.409. The molecule has 0 fully saturated rings. The van der Waals surface area contributed by atoms with Crippen LogP contribution in [0.1, 0.15) is 6.42 Å². The van der Waals surface area contributed by atoms with E-state index in [-0.39, 0.29) is 18.7 Å². The summed E-state index contributed by atoms with van der Waals surface area (Å²) < 4.78 is 43.0. The smallest absolute Gasteiger partial charge is 0.425 e. The minimum Gasteiger partial charge on any atom is -0.480 e. The number of ether oxygens (including phenoxy) is 1. The molecule has 1 aromatic carbocycles. The van der Waals surface area contributed by atoms with Crippen molar-refractivity contribution < 1.29 is 17.9 Å². The average Bonchev–Trinajstić information content (AvgIpc) is 2.19. The van der Waals surface area contributed by atoms with Crippen molar-refractivity contribution >= 4 is 27.5 Å². The van der Waals surface area contributed by atoms with E-state index in [1.165, 1.54) is 18.2 Å². The molecule has 0 aliphatic heterocycles. The summed E-state index contributed by atoms with van der Waals surface area (Å²) in [4.78, 5) is 0. The normalized spacial score (nSPS) is 13.5. The van der Waals surface area contributed by atoms with Gasteiger partial charge >= 0.3 is 6.18 Å². The van der Waals surface area contributed by atoms with Gasteiger partial charge in [-0.25, -0.2) is 0 Å². The van der Waals surface area contributed by atoms with Crippen LogP contribution in [-0.2, 0) is 0 Å². The fourth-order valence-electron chi connectivity index (χ4n) is 1.16. The van der Waals surface area contributed by atoms with Gasteiger partial charge in [0, 0.05) is 11.4 Å². The standard InChI is InChI=1S/C10H10BrClF3NO/c11-7-5-6(12)1-2-8(7)17-9(3-4-16)10(13,14)15/h1-2,5,9H,3-4,16H2. The maximum Gasteiger partial charge on any atom is 0.425 e. The average molecular weight is 333 g/mol. The van der Waals surface area contributed by atoms with Gasteiger partial charge in [0.15, 0.2) is 6.10 Å². The molecule has 0 aromatic heterocycles. The van der Waals surface area contributed by atoms with E-state index in [0.717, 1.165) is 0 Å². The zero-order valence-corrected chi connectivity index (χ0v) is 10.9. The zero-order chi connectivity index (χ0) is 13.1. The van der Waals surface area contributed by atoms with E-state index >= 15 is 0 Å². The molecule has 1 atom stereocenters. The van der Waals surface area contributed by atoms with Crippen molar-refractivity contribution in [2.45, 2.75) is 18.7 Å². The molecule has 2 N–H and O–H groups in total. The fourth-order valence-corrected chi connectivity index (χ4v) is 1.94. The highest BCUT2D eigenvalue weighted by molar-refractivity contribution is 9.10. The Balaban J connectivity index is 2.86. The molecule has 0 saturated heterocycles. The second-order valence-corrected chi connectivity index (χ2v) is 4.59. The molecule has 2 nitrogen and oxygen atoms in total. The highest BCUT2D eigenvalue weighted by Gasteiger charge is 2.41. The third kappa shape index (κ3) is 4.37. The first-order valence-corrected chi connectivity index (χ1v) is 5.90. The van der Waals surface area contributed by atoms with Crippen LogP contribution in [0.2, 0.25) is 5.02 Å². The summed E-state index contributed by atoms with van der Waals surface area (Å²) in [6.45, 7) is -0.102. The first-order valence-electron chi connectivity index (χ1n) is 4.73. The molecule has 0 aliphatic rings. The van der Waals surface area contributed by atoms with E-state index < -0.39 is 12.3 Å². The van der Waals surface area contributed by atoms with Gasteiger partial charge in [-0.05, 0) is 40.7 Å². The van der Waals surface area contributed by atoms with Gasteiger partial charge in [0.05, 0.1) is 4.47 Å². The Labute approximate surface area is 110 Å². The largest absolute Gasteiger partial charge is 0.480 e. The van der Waals surface area contributed by atoms with Gasteiger partial charge in [0.2, 0.25) is 0 Å². The van der Waals surface area contributed by atoms with Crippen LogP contribution in [-0.4, -0.2) is 18.8 Å². The Bertz CT molecular complexity index is 386. The lowest BCUT2D eigenvalue weighted by Gasteiger charge is -2.21. The Kier molecular flexibility index (Phi) is 5.09. The van der Waals surface area contributed by atoms with Crippen molar-refractivity contribution in [3.05, 3.63) is 27.7 Å². The molecule has 0 aliphatic carbocycles. The van der Waals surface area contributed by atoms with Crippen LogP contribution in [0.15, 0.2) is 22.7 Å². The zero-order valence-electron chi connectivity index (χ0n) is 8.60. The second kappa shape index (κ2) is 5.93. The summed E-state index contributed by atoms with van der Waals surface area (Å²) in [6.07, 6.45) is -6.65. The number of rotatable bonds is 4. The van der Waals surface area contributed by atoms with Gasteiger partial charge in [-0.15, -0.1) is 0 Å². The molecule has 1 unspecified atom stereocenters. The van der Waals surface area contributed by atoms with Crippen molar-refractivity contribution in [1.82, 2.24) is 0 Å². The highest BCUT2D eigenvalue weighted by atomic mass is 79.9. The predicted molar refractivity (Wildman–Crippen MR) is 63.3 cm³/mol. The molecule has 1 rings (SSSR count). The summed E-state index contributed by atoms with van der Waals surface area (Å²) in [5.74, 6) is 0.0881. The second-order valence-electron chi connectivity index (χ2n) is 3.30. The van der Waals surface area contributed by atoms with Gasteiger partial charge in [-0.2, -0.15) is 13.2 Å². The molecule has 0 saturated carbocycles. The minimum atomic E-state index is -4.45. The maximum atomic E-state index is 12.6. The molecule has 1 aromatic rings. The molecular formula is C10H10BrClF3NO. The van der Waals surface area contributed by atoms with Crippen molar-refractivity contribution in [3.63, 3.8) is 0 Å². The molecule has 0 radical (unpaired) electrons. The number of alkyl halides is 3. The Morgan fingerprint density at radius 1 is 1.41 bits per heavy atom. The molecule has 7 heteroatoms. The monoisotopic (exact) mass is 331 g/mol. The van der Waals surface area contributed by atoms with Gasteiger partial charge in [0.1, 0.15) is 5.75 Å². The molecule has 96 valence electrons. The SMILES string of the molecule is NCCC(Oc1ccc(Cl)cc1Br)C(F)(F)F. The summed E-state index contributed by atoms with van der Waals surface area (Å²) in [7, 11) is 0. The number of nitrogens with two attached hydrogens (primary N) is 1. The van der Waals surface area contributed by atoms with Crippen molar-refractivity contribution in [2.24, 2.45) is 5.73 Å². The lowest BCUT2D eigenvalue weighted by Crippen LogP contribution is -2.36. The van der Waals surface area contributed by atoms with Gasteiger partial charge in [0.25, 0.3) is 0 Å². The van der Waals surface area contributed by atoms with Crippen LogP contribution in [0.4, 0.5) is 13.2 Å². The lowest BCUT2D eigenvalue weighted by atomic mass is 10.2. The number of hydrogen-bond acceptors (Lipinski definition) is 2. The first kappa shape index (κ1) is 14.6. The van der Waals surface area contributed by atoms with Gasteiger partial charge in [-0.1, -0.05) is 11.6 Å². The van der Waals surface area contributed by atoms with Crippen LogP contribution < -0.4 is 10.5 Å². The van der Waals surface area contributed by atoms with Crippen molar-refractivity contribution in [3.8, 4) is 5.75 Å². The molecular weight excluding hydrogens is 322 g/mol. The predicted octanol–water partition coefficient (Wildman–Crippen LogP) is 3.76. The minimum absolute atomic E-state index is 0.0881. The fraction of sp³-hybridized carbons (Fsp3) is 0.400. The van der Waals surface area contributed by atoms with Gasteiger partial charge < -0.3 is 10.5 Å². The highest BCUT2D eigenvalue weighted by Crippen LogP contribution is 2.33. The Morgan fingerprint density at radius 2 is 2.06 bits per heavy atom. The summed E-state index contributed by atoms with van der Waals surface area (Å²) in [5.41, 5.74) is 5.13. The Hall–Kier alpha value is -0.460. The number of benzene rings is 1. The Morgan fingerprint density at radius 3 is 2.53 bits per heavy atom. The number of halogens is 5. The summed E-state index contributed by atoms with van der Waals surface area (Å²) in [6, 6.07) is 4.30. The molecule has 0 bridgehead atoms. The lowest BCUT2D eigenvalue weighted by molar-refractivity contribution is -0.196. The van der Waals surface area contributed by atoms with Crippen LogP contribution in [0, 0.1) is 0 Å². The van der Waals surface area contributed by atoms with Gasteiger partial charge in [-0.3, -0.25) is 0 Å². The van der Waals surface area contributed by atoms with Crippen LogP contribution in [0.3, 0.4) is 0 Å². The maximum absolute atomic E-state index is 12.6. The third-order valence-corrected chi connectivity index (χ3v) is 2.81. The molecule has 0 amide bonds. The molecule has 17 heavy (non-hydrogen) atoms.